The van der Waals surface area contributed by atoms with Crippen molar-refractivity contribution in [1.29, 1.82) is 0 Å². The summed E-state index contributed by atoms with van der Waals surface area (Å²) in [5.74, 6) is 1.63. The molecule has 1 saturated carbocycles. The number of furan rings is 1. The summed E-state index contributed by atoms with van der Waals surface area (Å²) >= 11 is 0. The van der Waals surface area contributed by atoms with Crippen LogP contribution in [0.5, 0.6) is 0 Å². The molecule has 23 heavy (non-hydrogen) atoms. The van der Waals surface area contributed by atoms with Gasteiger partial charge in [0.15, 0.2) is 5.76 Å². The van der Waals surface area contributed by atoms with Gasteiger partial charge in [0, 0.05) is 6.20 Å². The number of nitrogens with one attached hydrogen (secondary N) is 2. The number of aromatic nitrogens is 4. The van der Waals surface area contributed by atoms with Crippen molar-refractivity contribution >= 4 is 5.91 Å². The maximum absolute atomic E-state index is 12.5. The van der Waals surface area contributed by atoms with Crippen molar-refractivity contribution in [3.05, 3.63) is 54.3 Å². The zero-order valence-electron chi connectivity index (χ0n) is 12.3. The number of hydrogen-bond donors (Lipinski definition) is 2. The van der Waals surface area contributed by atoms with Gasteiger partial charge in [-0.1, -0.05) is 6.07 Å². The largest absolute Gasteiger partial charge is 0.461 e. The van der Waals surface area contributed by atoms with Crippen molar-refractivity contribution < 1.29 is 9.21 Å². The summed E-state index contributed by atoms with van der Waals surface area (Å²) in [6, 6.07) is 9.21. The molecule has 2 N–H and O–H groups in total. The predicted molar refractivity (Wildman–Crippen MR) is 81.1 cm³/mol. The Kier molecular flexibility index (Phi) is 3.18. The lowest BCUT2D eigenvalue weighted by atomic mass is 10.0. The number of rotatable bonds is 5. The standard InChI is InChI=1S/C16H15N5O2/c22-15(16(6-7-16)12-5-1-2-8-17-12)18-10-13-19-14(21-20-13)11-4-3-9-23-11/h1-5,8-9H,6-7,10H2,(H,18,22)(H,19,20,21). The van der Waals surface area contributed by atoms with Gasteiger partial charge in [0.2, 0.25) is 11.7 Å². The molecule has 3 aromatic rings. The Labute approximate surface area is 132 Å². The Balaban J connectivity index is 1.43. The van der Waals surface area contributed by atoms with E-state index in [-0.39, 0.29) is 5.91 Å². The van der Waals surface area contributed by atoms with Crippen molar-refractivity contribution in [2.45, 2.75) is 24.8 Å². The normalized spacial score (nSPS) is 15.3. The maximum atomic E-state index is 12.5. The summed E-state index contributed by atoms with van der Waals surface area (Å²) < 4.78 is 5.24. The first-order valence-corrected chi connectivity index (χ1v) is 7.43. The van der Waals surface area contributed by atoms with E-state index in [1.807, 2.05) is 18.2 Å². The number of carbonyl (C=O) groups excluding carboxylic acids is 1. The van der Waals surface area contributed by atoms with Crippen LogP contribution < -0.4 is 5.32 Å². The van der Waals surface area contributed by atoms with E-state index in [0.717, 1.165) is 18.5 Å². The van der Waals surface area contributed by atoms with E-state index in [1.54, 1.807) is 24.6 Å². The number of nitrogens with zero attached hydrogens (tertiary/aromatic N) is 3. The SMILES string of the molecule is O=C(NCc1nc(-c2ccco2)n[nH]1)C1(c2ccccn2)CC1. The molecule has 4 rings (SSSR count). The molecule has 0 spiro atoms. The molecule has 1 fully saturated rings. The number of hydrogen-bond acceptors (Lipinski definition) is 5. The van der Waals surface area contributed by atoms with Gasteiger partial charge in [-0.2, -0.15) is 0 Å². The van der Waals surface area contributed by atoms with Gasteiger partial charge in [-0.15, -0.1) is 5.10 Å². The summed E-state index contributed by atoms with van der Waals surface area (Å²) in [7, 11) is 0. The molecule has 7 nitrogen and oxygen atoms in total. The van der Waals surface area contributed by atoms with E-state index in [4.69, 9.17) is 4.42 Å². The van der Waals surface area contributed by atoms with Crippen molar-refractivity contribution in [3.8, 4) is 11.6 Å². The second-order valence-corrected chi connectivity index (χ2v) is 5.56. The van der Waals surface area contributed by atoms with Crippen LogP contribution in [0.3, 0.4) is 0 Å². The molecule has 0 saturated heterocycles. The average Bonchev–Trinajstić information content (AvgIpc) is 3.00. The highest BCUT2D eigenvalue weighted by Crippen LogP contribution is 2.47. The molecule has 7 heteroatoms. The summed E-state index contributed by atoms with van der Waals surface area (Å²) in [6.45, 7) is 0.293. The molecular weight excluding hydrogens is 294 g/mol. The van der Waals surface area contributed by atoms with Crippen LogP contribution >= 0.6 is 0 Å². The van der Waals surface area contributed by atoms with E-state index >= 15 is 0 Å². The quantitative estimate of drug-likeness (QED) is 0.749. The second-order valence-electron chi connectivity index (χ2n) is 5.56. The fraction of sp³-hybridized carbons (Fsp3) is 0.250. The molecule has 1 amide bonds. The van der Waals surface area contributed by atoms with Crippen LogP contribution in [-0.4, -0.2) is 26.1 Å². The van der Waals surface area contributed by atoms with Gasteiger partial charge in [0.1, 0.15) is 5.82 Å². The fourth-order valence-electron chi connectivity index (χ4n) is 2.59. The molecule has 0 aromatic carbocycles. The van der Waals surface area contributed by atoms with Gasteiger partial charge in [0.05, 0.1) is 23.9 Å². The summed E-state index contributed by atoms with van der Waals surface area (Å²) in [4.78, 5) is 21.1. The molecule has 3 heterocycles. The highest BCUT2D eigenvalue weighted by molar-refractivity contribution is 5.90. The predicted octanol–water partition coefficient (Wildman–Crippen LogP) is 1.81. The van der Waals surface area contributed by atoms with Crippen LogP contribution in [0.2, 0.25) is 0 Å². The highest BCUT2D eigenvalue weighted by atomic mass is 16.3. The van der Waals surface area contributed by atoms with Crippen LogP contribution in [0.4, 0.5) is 0 Å². The Hall–Kier alpha value is -2.96. The molecule has 0 bridgehead atoms. The Morgan fingerprint density at radius 3 is 2.91 bits per heavy atom. The third kappa shape index (κ3) is 2.50. The summed E-state index contributed by atoms with van der Waals surface area (Å²) in [5, 5.41) is 9.80. The summed E-state index contributed by atoms with van der Waals surface area (Å²) in [6.07, 6.45) is 4.93. The number of H-pyrrole nitrogens is 1. The van der Waals surface area contributed by atoms with Gasteiger partial charge in [-0.25, -0.2) is 4.98 Å². The van der Waals surface area contributed by atoms with E-state index in [2.05, 4.69) is 25.5 Å². The molecule has 1 aliphatic carbocycles. The van der Waals surface area contributed by atoms with Gasteiger partial charge in [-0.05, 0) is 37.1 Å². The zero-order chi connectivity index (χ0) is 15.7. The average molecular weight is 309 g/mol. The Bertz CT molecular complexity index is 806. The van der Waals surface area contributed by atoms with Crippen molar-refractivity contribution in [2.75, 3.05) is 0 Å². The minimum Gasteiger partial charge on any atom is -0.461 e. The smallest absolute Gasteiger partial charge is 0.232 e. The Morgan fingerprint density at radius 2 is 2.22 bits per heavy atom. The lowest BCUT2D eigenvalue weighted by Gasteiger charge is -2.13. The van der Waals surface area contributed by atoms with E-state index in [0.29, 0.717) is 24.0 Å². The first kappa shape index (κ1) is 13.7. The first-order chi connectivity index (χ1) is 11.3. The lowest BCUT2D eigenvalue weighted by Crippen LogP contribution is -2.35. The van der Waals surface area contributed by atoms with E-state index in [1.165, 1.54) is 0 Å². The van der Waals surface area contributed by atoms with Crippen LogP contribution in [0.1, 0.15) is 24.4 Å². The third-order valence-corrected chi connectivity index (χ3v) is 4.03. The molecule has 0 unspecified atom stereocenters. The molecule has 0 atom stereocenters. The fourth-order valence-corrected chi connectivity index (χ4v) is 2.59. The van der Waals surface area contributed by atoms with Crippen LogP contribution in [0.25, 0.3) is 11.6 Å². The second kappa shape index (κ2) is 5.35. The van der Waals surface area contributed by atoms with E-state index in [9.17, 15) is 4.79 Å². The minimum atomic E-state index is -0.481. The number of carbonyl (C=O) groups is 1. The molecular formula is C16H15N5O2. The lowest BCUT2D eigenvalue weighted by molar-refractivity contribution is -0.123. The monoisotopic (exact) mass is 309 g/mol. The number of amides is 1. The number of pyridine rings is 1. The van der Waals surface area contributed by atoms with Crippen molar-refractivity contribution in [3.63, 3.8) is 0 Å². The van der Waals surface area contributed by atoms with Gasteiger partial charge in [0.25, 0.3) is 0 Å². The maximum Gasteiger partial charge on any atom is 0.232 e. The molecule has 116 valence electrons. The zero-order valence-corrected chi connectivity index (χ0v) is 12.3. The molecule has 3 aromatic heterocycles. The third-order valence-electron chi connectivity index (χ3n) is 4.03. The molecule has 0 radical (unpaired) electrons. The van der Waals surface area contributed by atoms with Crippen LogP contribution in [0.15, 0.2) is 47.2 Å². The topological polar surface area (TPSA) is 96.7 Å². The minimum absolute atomic E-state index is 0.0212. The van der Waals surface area contributed by atoms with Crippen molar-refractivity contribution in [2.24, 2.45) is 0 Å². The van der Waals surface area contributed by atoms with Crippen LogP contribution in [-0.2, 0) is 16.8 Å². The van der Waals surface area contributed by atoms with Crippen molar-refractivity contribution in [1.82, 2.24) is 25.5 Å². The molecule has 0 aliphatic heterocycles. The van der Waals surface area contributed by atoms with Gasteiger partial charge >= 0.3 is 0 Å². The van der Waals surface area contributed by atoms with Gasteiger partial charge in [-0.3, -0.25) is 14.9 Å². The van der Waals surface area contributed by atoms with Crippen LogP contribution in [0, 0.1) is 0 Å². The van der Waals surface area contributed by atoms with Gasteiger partial charge < -0.3 is 9.73 Å². The highest BCUT2D eigenvalue weighted by Gasteiger charge is 2.52. The number of aromatic amines is 1. The summed E-state index contributed by atoms with van der Waals surface area (Å²) in [5.41, 5.74) is 0.344. The van der Waals surface area contributed by atoms with E-state index < -0.39 is 5.41 Å². The molecule has 1 aliphatic rings. The Morgan fingerprint density at radius 1 is 1.30 bits per heavy atom. The first-order valence-electron chi connectivity index (χ1n) is 7.43.